The average molecular weight is 370 g/mol. The number of benzene rings is 1. The van der Waals surface area contributed by atoms with E-state index in [2.05, 4.69) is 25.8 Å². The number of rotatable bonds is 5. The molecule has 0 bridgehead atoms. The molecule has 8 nitrogen and oxygen atoms in total. The summed E-state index contributed by atoms with van der Waals surface area (Å²) in [5.74, 6) is 0.587. The molecule has 1 aliphatic heterocycles. The van der Waals surface area contributed by atoms with Crippen LogP contribution in [0.5, 0.6) is 5.75 Å². The lowest BCUT2D eigenvalue weighted by Crippen LogP contribution is -2.19. The molecule has 27 heavy (non-hydrogen) atoms. The molecule has 0 fully saturated rings. The molecule has 0 unspecified atom stereocenters. The molecule has 3 heterocycles. The molecule has 4 rings (SSSR count). The molecular formula is C18H19FN6O2. The van der Waals surface area contributed by atoms with Crippen LogP contribution in [0.25, 0.3) is 5.65 Å². The first-order chi connectivity index (χ1) is 13.0. The third-order valence-corrected chi connectivity index (χ3v) is 4.48. The Morgan fingerprint density at radius 2 is 2.26 bits per heavy atom. The van der Waals surface area contributed by atoms with Crippen LogP contribution in [0.2, 0.25) is 0 Å². The lowest BCUT2D eigenvalue weighted by molar-refractivity contribution is -0.118. The number of fused-ring (bicyclic) bond motifs is 2. The standard InChI is InChI=1S/C18H19FN6O2/c1-10(2)17(26)23-14-8-21-18(25-9-22-24-16(14)25)20-7-12-11-5-6-27-15(11)4-3-13(12)19/h3-4,8-10H,5-7H2,1-2H3,(H,20,21)(H,23,26). The van der Waals surface area contributed by atoms with Crippen LogP contribution >= 0.6 is 0 Å². The van der Waals surface area contributed by atoms with Gasteiger partial charge in [0.1, 0.15) is 23.6 Å². The number of hydrogen-bond acceptors (Lipinski definition) is 6. The van der Waals surface area contributed by atoms with Gasteiger partial charge in [-0.2, -0.15) is 0 Å². The van der Waals surface area contributed by atoms with Crippen LogP contribution in [0, 0.1) is 11.7 Å². The van der Waals surface area contributed by atoms with Crippen LogP contribution in [0.3, 0.4) is 0 Å². The van der Waals surface area contributed by atoms with E-state index in [9.17, 15) is 9.18 Å². The summed E-state index contributed by atoms with van der Waals surface area (Å²) in [4.78, 5) is 16.3. The molecular weight excluding hydrogens is 351 g/mol. The largest absolute Gasteiger partial charge is 0.493 e. The topological polar surface area (TPSA) is 93.4 Å². The number of ether oxygens (including phenoxy) is 1. The van der Waals surface area contributed by atoms with E-state index in [4.69, 9.17) is 4.74 Å². The van der Waals surface area contributed by atoms with Gasteiger partial charge in [-0.25, -0.2) is 13.8 Å². The second-order valence-electron chi connectivity index (χ2n) is 6.62. The fraction of sp³-hybridized carbons (Fsp3) is 0.333. The third kappa shape index (κ3) is 3.16. The average Bonchev–Trinajstić information content (AvgIpc) is 3.31. The number of carbonyl (C=O) groups excluding carboxylic acids is 1. The van der Waals surface area contributed by atoms with Crippen molar-refractivity contribution in [1.82, 2.24) is 19.6 Å². The Morgan fingerprint density at radius 1 is 1.41 bits per heavy atom. The highest BCUT2D eigenvalue weighted by atomic mass is 19.1. The van der Waals surface area contributed by atoms with Crippen LogP contribution in [-0.4, -0.2) is 32.1 Å². The molecule has 9 heteroatoms. The van der Waals surface area contributed by atoms with Gasteiger partial charge in [0, 0.05) is 30.0 Å². The molecule has 1 aromatic carbocycles. The quantitative estimate of drug-likeness (QED) is 0.716. The van der Waals surface area contributed by atoms with Gasteiger partial charge < -0.3 is 15.4 Å². The smallest absolute Gasteiger partial charge is 0.227 e. The maximum absolute atomic E-state index is 14.3. The summed E-state index contributed by atoms with van der Waals surface area (Å²) in [7, 11) is 0. The predicted molar refractivity (Wildman–Crippen MR) is 97.2 cm³/mol. The second-order valence-corrected chi connectivity index (χ2v) is 6.62. The molecule has 0 saturated carbocycles. The van der Waals surface area contributed by atoms with Gasteiger partial charge in [-0.1, -0.05) is 13.8 Å². The molecule has 3 aromatic rings. The fourth-order valence-electron chi connectivity index (χ4n) is 2.99. The van der Waals surface area contributed by atoms with Gasteiger partial charge in [-0.15, -0.1) is 10.2 Å². The molecule has 1 aliphatic rings. The maximum atomic E-state index is 14.3. The maximum Gasteiger partial charge on any atom is 0.227 e. The van der Waals surface area contributed by atoms with Crippen molar-refractivity contribution < 1.29 is 13.9 Å². The van der Waals surface area contributed by atoms with Crippen molar-refractivity contribution >= 4 is 23.2 Å². The van der Waals surface area contributed by atoms with Crippen LogP contribution < -0.4 is 15.4 Å². The third-order valence-electron chi connectivity index (χ3n) is 4.48. The molecule has 2 aromatic heterocycles. The van der Waals surface area contributed by atoms with E-state index in [1.165, 1.54) is 18.6 Å². The summed E-state index contributed by atoms with van der Waals surface area (Å²) < 4.78 is 21.4. The van der Waals surface area contributed by atoms with Crippen molar-refractivity contribution in [2.45, 2.75) is 26.8 Å². The zero-order valence-corrected chi connectivity index (χ0v) is 15.0. The van der Waals surface area contributed by atoms with Gasteiger partial charge in [-0.3, -0.25) is 4.79 Å². The fourth-order valence-corrected chi connectivity index (χ4v) is 2.99. The lowest BCUT2D eigenvalue weighted by Gasteiger charge is -2.13. The number of amides is 1. The summed E-state index contributed by atoms with van der Waals surface area (Å²) in [5, 5.41) is 13.9. The van der Waals surface area contributed by atoms with Gasteiger partial charge in [0.2, 0.25) is 11.9 Å². The highest BCUT2D eigenvalue weighted by Gasteiger charge is 2.20. The van der Waals surface area contributed by atoms with E-state index in [1.807, 2.05) is 0 Å². The molecule has 0 spiro atoms. The SMILES string of the molecule is CC(C)C(=O)Nc1cnc(NCc2c(F)ccc3c2CCO3)n2cnnc12. The number of hydrogen-bond donors (Lipinski definition) is 2. The molecule has 1 amide bonds. The first kappa shape index (κ1) is 17.2. The van der Waals surface area contributed by atoms with Crippen LogP contribution in [0.1, 0.15) is 25.0 Å². The van der Waals surface area contributed by atoms with E-state index < -0.39 is 0 Å². The Hall–Kier alpha value is -3.23. The van der Waals surface area contributed by atoms with Gasteiger partial charge in [-0.05, 0) is 12.1 Å². The van der Waals surface area contributed by atoms with E-state index >= 15 is 0 Å². The lowest BCUT2D eigenvalue weighted by atomic mass is 10.0. The van der Waals surface area contributed by atoms with Crippen molar-refractivity contribution in [1.29, 1.82) is 0 Å². The van der Waals surface area contributed by atoms with E-state index in [1.54, 1.807) is 24.3 Å². The summed E-state index contributed by atoms with van der Waals surface area (Å²) in [6.07, 6.45) is 3.69. The number of aromatic nitrogens is 4. The van der Waals surface area contributed by atoms with Crippen LogP contribution in [-0.2, 0) is 17.8 Å². The molecule has 0 saturated heterocycles. The zero-order valence-electron chi connectivity index (χ0n) is 15.0. The van der Waals surface area contributed by atoms with Crippen molar-refractivity contribution in [3.8, 4) is 5.75 Å². The molecule has 0 atom stereocenters. The van der Waals surface area contributed by atoms with Crippen molar-refractivity contribution in [2.24, 2.45) is 5.92 Å². The Bertz CT molecular complexity index is 1020. The molecule has 0 aliphatic carbocycles. The molecule has 140 valence electrons. The Morgan fingerprint density at radius 3 is 3.07 bits per heavy atom. The van der Waals surface area contributed by atoms with Crippen LogP contribution in [0.15, 0.2) is 24.7 Å². The summed E-state index contributed by atoms with van der Waals surface area (Å²) in [6.45, 7) is 4.41. The number of nitrogens with zero attached hydrogens (tertiary/aromatic N) is 4. The minimum absolute atomic E-state index is 0.135. The number of halogens is 1. The number of anilines is 2. The van der Waals surface area contributed by atoms with E-state index in [0.717, 1.165) is 11.3 Å². The number of carbonyl (C=O) groups is 1. The van der Waals surface area contributed by atoms with Crippen LogP contribution in [0.4, 0.5) is 16.0 Å². The van der Waals surface area contributed by atoms with E-state index in [-0.39, 0.29) is 24.2 Å². The zero-order chi connectivity index (χ0) is 19.0. The van der Waals surface area contributed by atoms with Gasteiger partial charge >= 0.3 is 0 Å². The summed E-state index contributed by atoms with van der Waals surface area (Å²) in [5.41, 5.74) is 2.37. The Kier molecular flexibility index (Phi) is 4.35. The van der Waals surface area contributed by atoms with Crippen molar-refractivity contribution in [3.05, 3.63) is 41.6 Å². The second kappa shape index (κ2) is 6.82. The van der Waals surface area contributed by atoms with Crippen molar-refractivity contribution in [3.63, 3.8) is 0 Å². The highest BCUT2D eigenvalue weighted by molar-refractivity contribution is 5.95. The van der Waals surface area contributed by atoms with Crippen molar-refractivity contribution in [2.75, 3.05) is 17.2 Å². The molecule has 0 radical (unpaired) electrons. The molecule has 2 N–H and O–H groups in total. The normalized spacial score (nSPS) is 12.9. The summed E-state index contributed by atoms with van der Waals surface area (Å²) in [6, 6.07) is 3.07. The van der Waals surface area contributed by atoms with Gasteiger partial charge in [0.05, 0.1) is 12.8 Å². The van der Waals surface area contributed by atoms with E-state index in [0.29, 0.717) is 35.9 Å². The monoisotopic (exact) mass is 370 g/mol. The Balaban J connectivity index is 1.60. The minimum Gasteiger partial charge on any atom is -0.493 e. The Labute approximate surface area is 154 Å². The first-order valence-electron chi connectivity index (χ1n) is 8.71. The number of nitrogens with one attached hydrogen (secondary N) is 2. The highest BCUT2D eigenvalue weighted by Crippen LogP contribution is 2.30. The summed E-state index contributed by atoms with van der Waals surface area (Å²) >= 11 is 0. The predicted octanol–water partition coefficient (Wildman–Crippen LogP) is 2.40. The minimum atomic E-state index is -0.285. The van der Waals surface area contributed by atoms with Gasteiger partial charge in [0.25, 0.3) is 0 Å². The van der Waals surface area contributed by atoms with Gasteiger partial charge in [0.15, 0.2) is 5.65 Å². The first-order valence-corrected chi connectivity index (χ1v) is 8.71.